The van der Waals surface area contributed by atoms with E-state index in [-0.39, 0.29) is 0 Å². The number of nitrogens with zero attached hydrogens (tertiary/aromatic N) is 2. The second kappa shape index (κ2) is 6.86. The molecule has 0 atom stereocenters. The Hall–Kier alpha value is -1.92. The van der Waals surface area contributed by atoms with Crippen LogP contribution in [0.1, 0.15) is 5.89 Å². The first kappa shape index (κ1) is 13.5. The number of aromatic nitrogens is 2. The average molecular weight is 263 g/mol. The summed E-state index contributed by atoms with van der Waals surface area (Å²) in [5.41, 5.74) is 0.817. The van der Waals surface area contributed by atoms with Crippen molar-refractivity contribution >= 4 is 0 Å². The smallest absolute Gasteiger partial charge is 0.240 e. The second-order valence-electron chi connectivity index (χ2n) is 3.88. The summed E-state index contributed by atoms with van der Waals surface area (Å²) in [6.07, 6.45) is 0. The van der Waals surface area contributed by atoms with Crippen molar-refractivity contribution in [3.05, 3.63) is 30.2 Å². The molecule has 0 aliphatic carbocycles. The molecule has 0 fully saturated rings. The van der Waals surface area contributed by atoms with Crippen LogP contribution < -0.4 is 10.1 Å². The van der Waals surface area contributed by atoms with Gasteiger partial charge in [-0.2, -0.15) is 4.98 Å². The molecule has 1 heterocycles. The molecule has 6 heteroatoms. The van der Waals surface area contributed by atoms with E-state index in [1.807, 2.05) is 24.3 Å². The van der Waals surface area contributed by atoms with Crippen molar-refractivity contribution in [1.29, 1.82) is 0 Å². The lowest BCUT2D eigenvalue weighted by Crippen LogP contribution is -2.18. The van der Waals surface area contributed by atoms with Crippen LogP contribution >= 0.6 is 0 Å². The van der Waals surface area contributed by atoms with Gasteiger partial charge in [0.1, 0.15) is 5.75 Å². The molecule has 0 aliphatic rings. The van der Waals surface area contributed by atoms with Crippen molar-refractivity contribution in [2.24, 2.45) is 0 Å². The highest BCUT2D eigenvalue weighted by Crippen LogP contribution is 2.26. The number of hydrogen-bond acceptors (Lipinski definition) is 6. The number of benzene rings is 1. The van der Waals surface area contributed by atoms with Crippen LogP contribution in [0.3, 0.4) is 0 Å². The molecule has 1 aromatic carbocycles. The van der Waals surface area contributed by atoms with Gasteiger partial charge in [-0.05, 0) is 12.1 Å². The van der Waals surface area contributed by atoms with Crippen molar-refractivity contribution in [2.75, 3.05) is 27.4 Å². The summed E-state index contributed by atoms with van der Waals surface area (Å²) in [6, 6.07) is 7.56. The van der Waals surface area contributed by atoms with E-state index in [0.717, 1.165) is 17.9 Å². The van der Waals surface area contributed by atoms with Gasteiger partial charge in [0.2, 0.25) is 11.7 Å². The summed E-state index contributed by atoms with van der Waals surface area (Å²) in [5, 5.41) is 7.10. The minimum Gasteiger partial charge on any atom is -0.496 e. The molecule has 0 bridgehead atoms. The number of methoxy groups -OCH3 is 2. The first-order chi connectivity index (χ1) is 9.35. The highest BCUT2D eigenvalue weighted by molar-refractivity contribution is 5.63. The molecule has 6 nitrogen and oxygen atoms in total. The molecule has 0 aliphatic heterocycles. The van der Waals surface area contributed by atoms with Crippen LogP contribution in [0.2, 0.25) is 0 Å². The predicted octanol–water partition coefficient (Wildman–Crippen LogP) is 1.48. The minimum absolute atomic E-state index is 0.519. The highest BCUT2D eigenvalue weighted by Gasteiger charge is 2.12. The minimum atomic E-state index is 0.519. The first-order valence-corrected chi connectivity index (χ1v) is 6.00. The number of ether oxygens (including phenoxy) is 2. The molecule has 1 N–H and O–H groups in total. The van der Waals surface area contributed by atoms with Crippen molar-refractivity contribution in [3.8, 4) is 17.1 Å². The fraction of sp³-hybridized carbons (Fsp3) is 0.385. The average Bonchev–Trinajstić information content (AvgIpc) is 2.92. The third-order valence-electron chi connectivity index (χ3n) is 2.58. The Kier molecular flexibility index (Phi) is 4.88. The molecule has 0 unspecified atom stereocenters. The quantitative estimate of drug-likeness (QED) is 0.763. The lowest BCUT2D eigenvalue weighted by Gasteiger charge is -2.03. The van der Waals surface area contributed by atoms with E-state index in [1.165, 1.54) is 0 Å². The van der Waals surface area contributed by atoms with Gasteiger partial charge >= 0.3 is 0 Å². The van der Waals surface area contributed by atoms with E-state index in [0.29, 0.717) is 24.9 Å². The molecule has 2 rings (SSSR count). The maximum atomic E-state index is 5.27. The molecule has 102 valence electrons. The zero-order valence-electron chi connectivity index (χ0n) is 11.0. The molecule has 2 aromatic rings. The van der Waals surface area contributed by atoms with Gasteiger partial charge in [0, 0.05) is 13.7 Å². The summed E-state index contributed by atoms with van der Waals surface area (Å²) in [5.74, 6) is 1.79. The summed E-state index contributed by atoms with van der Waals surface area (Å²) in [4.78, 5) is 4.33. The predicted molar refractivity (Wildman–Crippen MR) is 69.9 cm³/mol. The third-order valence-corrected chi connectivity index (χ3v) is 2.58. The normalized spacial score (nSPS) is 10.6. The van der Waals surface area contributed by atoms with Crippen LogP contribution in [0.4, 0.5) is 0 Å². The van der Waals surface area contributed by atoms with Crippen LogP contribution in [-0.2, 0) is 11.3 Å². The van der Waals surface area contributed by atoms with Gasteiger partial charge in [-0.25, -0.2) is 0 Å². The Morgan fingerprint density at radius 3 is 2.89 bits per heavy atom. The molecular weight excluding hydrogens is 246 g/mol. The maximum absolute atomic E-state index is 5.27. The Morgan fingerprint density at radius 2 is 2.11 bits per heavy atom. The molecule has 0 spiro atoms. The largest absolute Gasteiger partial charge is 0.496 e. The molecule has 0 amide bonds. The fourth-order valence-electron chi connectivity index (χ4n) is 1.63. The van der Waals surface area contributed by atoms with Crippen LogP contribution in [-0.4, -0.2) is 37.5 Å². The van der Waals surface area contributed by atoms with Crippen LogP contribution in [0, 0.1) is 0 Å². The number of hydrogen-bond donors (Lipinski definition) is 1. The van der Waals surface area contributed by atoms with E-state index >= 15 is 0 Å². The lowest BCUT2D eigenvalue weighted by atomic mass is 10.2. The van der Waals surface area contributed by atoms with Crippen molar-refractivity contribution in [2.45, 2.75) is 6.54 Å². The highest BCUT2D eigenvalue weighted by atomic mass is 16.5. The molecular formula is C13H17N3O3. The Morgan fingerprint density at radius 1 is 1.26 bits per heavy atom. The van der Waals surface area contributed by atoms with Crippen molar-refractivity contribution in [1.82, 2.24) is 15.5 Å². The van der Waals surface area contributed by atoms with Crippen LogP contribution in [0.5, 0.6) is 5.75 Å². The Balaban J connectivity index is 2.04. The molecule has 1 aromatic heterocycles. The molecule has 0 saturated carbocycles. The fourth-order valence-corrected chi connectivity index (χ4v) is 1.63. The lowest BCUT2D eigenvalue weighted by molar-refractivity contribution is 0.197. The SMILES string of the molecule is COCCNCc1nc(-c2ccccc2OC)no1. The van der Waals surface area contributed by atoms with Gasteiger partial charge in [0.25, 0.3) is 0 Å². The van der Waals surface area contributed by atoms with E-state index in [4.69, 9.17) is 14.0 Å². The zero-order chi connectivity index (χ0) is 13.5. The summed E-state index contributed by atoms with van der Waals surface area (Å²) >= 11 is 0. The van der Waals surface area contributed by atoms with E-state index in [2.05, 4.69) is 15.5 Å². The van der Waals surface area contributed by atoms with E-state index < -0.39 is 0 Å². The van der Waals surface area contributed by atoms with Crippen molar-refractivity contribution < 1.29 is 14.0 Å². The monoisotopic (exact) mass is 263 g/mol. The Bertz CT molecular complexity index is 513. The van der Waals surface area contributed by atoms with Crippen LogP contribution in [0.15, 0.2) is 28.8 Å². The second-order valence-corrected chi connectivity index (χ2v) is 3.88. The maximum Gasteiger partial charge on any atom is 0.240 e. The third kappa shape index (κ3) is 3.52. The number of para-hydroxylation sites is 1. The van der Waals surface area contributed by atoms with Gasteiger partial charge in [-0.15, -0.1) is 0 Å². The van der Waals surface area contributed by atoms with Gasteiger partial charge < -0.3 is 19.3 Å². The molecule has 0 saturated heterocycles. The number of rotatable bonds is 7. The summed E-state index contributed by atoms with van der Waals surface area (Å²) in [6.45, 7) is 1.90. The van der Waals surface area contributed by atoms with E-state index in [9.17, 15) is 0 Å². The molecule has 0 radical (unpaired) electrons. The van der Waals surface area contributed by atoms with Gasteiger partial charge in [0.05, 0.1) is 25.8 Å². The summed E-state index contributed by atoms with van der Waals surface area (Å²) in [7, 11) is 3.28. The van der Waals surface area contributed by atoms with Gasteiger partial charge in [-0.3, -0.25) is 0 Å². The standard InChI is InChI=1S/C13H17N3O3/c1-17-8-7-14-9-12-15-13(16-19-12)10-5-3-4-6-11(10)18-2/h3-6,14H,7-9H2,1-2H3. The van der Waals surface area contributed by atoms with Crippen LogP contribution in [0.25, 0.3) is 11.4 Å². The van der Waals surface area contributed by atoms with Crippen molar-refractivity contribution in [3.63, 3.8) is 0 Å². The topological polar surface area (TPSA) is 69.4 Å². The molecule has 19 heavy (non-hydrogen) atoms. The van der Waals surface area contributed by atoms with Gasteiger partial charge in [-0.1, -0.05) is 17.3 Å². The zero-order valence-corrected chi connectivity index (χ0v) is 11.0. The van der Waals surface area contributed by atoms with E-state index in [1.54, 1.807) is 14.2 Å². The summed E-state index contributed by atoms with van der Waals surface area (Å²) < 4.78 is 15.4. The Labute approximate surface area is 111 Å². The van der Waals surface area contributed by atoms with Gasteiger partial charge in [0.15, 0.2) is 0 Å². The first-order valence-electron chi connectivity index (χ1n) is 6.00. The number of nitrogens with one attached hydrogen (secondary N) is 1.